The monoisotopic (exact) mass is 497 g/mol. The van der Waals surface area contributed by atoms with Gasteiger partial charge in [-0.2, -0.15) is 0 Å². The van der Waals surface area contributed by atoms with Gasteiger partial charge in [0.15, 0.2) is 0 Å². The molecular weight excluding hydrogens is 470 g/mol. The van der Waals surface area contributed by atoms with E-state index in [0.717, 1.165) is 17.0 Å². The summed E-state index contributed by atoms with van der Waals surface area (Å²) >= 11 is 1.48. The van der Waals surface area contributed by atoms with Crippen molar-refractivity contribution in [2.45, 2.75) is 48.6 Å². The van der Waals surface area contributed by atoms with Crippen molar-refractivity contribution < 1.29 is 24.5 Å². The number of hydrogen-bond acceptors (Lipinski definition) is 10. The molecule has 0 radical (unpaired) electrons. The van der Waals surface area contributed by atoms with Crippen LogP contribution in [0.4, 0.5) is 5.82 Å². The minimum absolute atomic E-state index is 0.0396. The number of amides is 1. The molecule has 11 heteroatoms. The molecule has 4 atom stereocenters. The number of pyridine rings is 3. The first kappa shape index (κ1) is 23.9. The van der Waals surface area contributed by atoms with Crippen LogP contribution in [0, 0.1) is 0 Å². The molecule has 184 valence electrons. The Kier molecular flexibility index (Phi) is 7.12. The number of hydrogen-bond donors (Lipinski definition) is 4. The van der Waals surface area contributed by atoms with Crippen molar-refractivity contribution in [3.05, 3.63) is 47.8 Å². The Morgan fingerprint density at radius 3 is 2.91 bits per heavy atom. The second-order valence-corrected chi connectivity index (χ2v) is 9.59. The van der Waals surface area contributed by atoms with E-state index in [0.29, 0.717) is 53.6 Å². The third-order valence-electron chi connectivity index (χ3n) is 6.24. The minimum Gasteiger partial charge on any atom is -0.481 e. The van der Waals surface area contributed by atoms with Crippen molar-refractivity contribution >= 4 is 34.5 Å². The van der Waals surface area contributed by atoms with Crippen molar-refractivity contribution in [2.75, 3.05) is 24.8 Å². The smallest absolute Gasteiger partial charge is 0.235 e. The fourth-order valence-electron chi connectivity index (χ4n) is 4.32. The summed E-state index contributed by atoms with van der Waals surface area (Å²) in [6, 6.07) is 9.13. The number of aliphatic hydroxyl groups excluding tert-OH is 2. The molecule has 10 nitrogen and oxygen atoms in total. The number of fused-ring (bicyclic) bond motifs is 2. The molecule has 1 saturated heterocycles. The first-order chi connectivity index (χ1) is 17.0. The van der Waals surface area contributed by atoms with E-state index in [2.05, 4.69) is 25.6 Å². The van der Waals surface area contributed by atoms with E-state index in [-0.39, 0.29) is 11.9 Å². The van der Waals surface area contributed by atoms with E-state index >= 15 is 0 Å². The highest BCUT2D eigenvalue weighted by atomic mass is 32.2. The standard InChI is InChI=1S/C24H27N5O5S/c1-33-20-7-4-16-21(29-20)15(8-9-25-16)22(31)23(32)17-5-2-14(11-34-17)26-10-13-3-6-18-24(27-13)28-19(30)12-35-18/h3-4,6-9,14,17,22-23,26,31-32H,2,5,10-12H2,1H3,(H,27,28,30)/t14-,17+,22+,23+/m1/s1. The van der Waals surface area contributed by atoms with Gasteiger partial charge in [-0.3, -0.25) is 9.78 Å². The number of aliphatic hydroxyl groups is 2. The lowest BCUT2D eigenvalue weighted by molar-refractivity contribution is -0.114. The maximum atomic E-state index is 11.6. The van der Waals surface area contributed by atoms with E-state index in [9.17, 15) is 15.0 Å². The van der Waals surface area contributed by atoms with Crippen LogP contribution in [-0.4, -0.2) is 68.8 Å². The van der Waals surface area contributed by atoms with E-state index in [4.69, 9.17) is 9.47 Å². The van der Waals surface area contributed by atoms with Crippen molar-refractivity contribution in [3.8, 4) is 5.88 Å². The Morgan fingerprint density at radius 1 is 1.23 bits per heavy atom. The van der Waals surface area contributed by atoms with Gasteiger partial charge in [0.2, 0.25) is 11.8 Å². The molecule has 35 heavy (non-hydrogen) atoms. The molecule has 5 heterocycles. The number of carbonyl (C=O) groups is 1. The van der Waals surface area contributed by atoms with Crippen LogP contribution in [0.25, 0.3) is 11.0 Å². The van der Waals surface area contributed by atoms with Crippen LogP contribution in [0.5, 0.6) is 5.88 Å². The third-order valence-corrected chi connectivity index (χ3v) is 7.28. The van der Waals surface area contributed by atoms with Crippen LogP contribution >= 0.6 is 11.8 Å². The molecule has 0 saturated carbocycles. The summed E-state index contributed by atoms with van der Waals surface area (Å²) in [5, 5.41) is 28.1. The number of aromatic nitrogens is 3. The SMILES string of the molecule is COc1ccc2nccc([C@H](O)[C@@H](O)[C@@H]3CC[C@@H](NCc4ccc5c(n4)NC(=O)CS5)CO3)c2n1. The minimum atomic E-state index is -1.18. The van der Waals surface area contributed by atoms with Gasteiger partial charge in [0, 0.05) is 30.4 Å². The first-order valence-corrected chi connectivity index (χ1v) is 12.4. The Labute approximate surface area is 206 Å². The summed E-state index contributed by atoms with van der Waals surface area (Å²) in [7, 11) is 1.52. The van der Waals surface area contributed by atoms with E-state index in [1.54, 1.807) is 24.4 Å². The highest BCUT2D eigenvalue weighted by Crippen LogP contribution is 2.31. The van der Waals surface area contributed by atoms with E-state index in [1.165, 1.54) is 18.9 Å². The lowest BCUT2D eigenvalue weighted by Crippen LogP contribution is -2.45. The molecule has 5 rings (SSSR count). The van der Waals surface area contributed by atoms with Crippen LogP contribution in [0.15, 0.2) is 41.4 Å². The Morgan fingerprint density at radius 2 is 2.11 bits per heavy atom. The summed E-state index contributed by atoms with van der Waals surface area (Å²) in [6.45, 7) is 0.934. The second kappa shape index (κ2) is 10.4. The van der Waals surface area contributed by atoms with Gasteiger partial charge in [-0.05, 0) is 37.1 Å². The summed E-state index contributed by atoms with van der Waals surface area (Å²) in [5.74, 6) is 1.39. The summed E-state index contributed by atoms with van der Waals surface area (Å²) in [6.07, 6.45) is 0.142. The molecule has 1 fully saturated rings. The Balaban J connectivity index is 1.17. The average Bonchev–Trinajstić information content (AvgIpc) is 2.90. The van der Waals surface area contributed by atoms with Crippen LogP contribution in [-0.2, 0) is 16.1 Å². The molecule has 1 amide bonds. The first-order valence-electron chi connectivity index (χ1n) is 11.4. The normalized spacial score (nSPS) is 21.7. The maximum absolute atomic E-state index is 11.6. The summed E-state index contributed by atoms with van der Waals surface area (Å²) < 4.78 is 11.1. The average molecular weight is 498 g/mol. The fraction of sp³-hybridized carbons (Fsp3) is 0.417. The summed E-state index contributed by atoms with van der Waals surface area (Å²) in [4.78, 5) is 25.8. The molecule has 0 unspecified atom stereocenters. The van der Waals surface area contributed by atoms with Gasteiger partial charge in [0.1, 0.15) is 18.0 Å². The molecule has 0 spiro atoms. The molecule has 3 aromatic rings. The lowest BCUT2D eigenvalue weighted by atomic mass is 9.94. The molecule has 3 aromatic heterocycles. The number of nitrogens with one attached hydrogen (secondary N) is 2. The third kappa shape index (κ3) is 5.24. The van der Waals surface area contributed by atoms with Gasteiger partial charge >= 0.3 is 0 Å². The molecule has 2 aliphatic heterocycles. The molecule has 2 aliphatic rings. The highest BCUT2D eigenvalue weighted by molar-refractivity contribution is 8.00. The number of anilines is 1. The molecule has 0 aromatic carbocycles. The fourth-order valence-corrected chi connectivity index (χ4v) is 5.08. The van der Waals surface area contributed by atoms with Crippen molar-refractivity contribution in [3.63, 3.8) is 0 Å². The second-order valence-electron chi connectivity index (χ2n) is 8.57. The highest BCUT2D eigenvalue weighted by Gasteiger charge is 2.33. The lowest BCUT2D eigenvalue weighted by Gasteiger charge is -2.34. The predicted octanol–water partition coefficient (Wildman–Crippen LogP) is 1.81. The number of rotatable bonds is 7. The number of nitrogens with zero attached hydrogens (tertiary/aromatic N) is 3. The zero-order valence-corrected chi connectivity index (χ0v) is 20.0. The topological polar surface area (TPSA) is 139 Å². The van der Waals surface area contributed by atoms with E-state index in [1.807, 2.05) is 12.1 Å². The number of methoxy groups -OCH3 is 1. The van der Waals surface area contributed by atoms with Gasteiger partial charge in [0.05, 0.1) is 47.2 Å². The van der Waals surface area contributed by atoms with E-state index < -0.39 is 18.3 Å². The van der Waals surface area contributed by atoms with Gasteiger partial charge < -0.3 is 30.3 Å². The van der Waals surface area contributed by atoms with Crippen LogP contribution in [0.3, 0.4) is 0 Å². The quantitative estimate of drug-likeness (QED) is 0.382. The van der Waals surface area contributed by atoms with Gasteiger partial charge in [-0.25, -0.2) is 9.97 Å². The zero-order valence-electron chi connectivity index (χ0n) is 19.2. The molecule has 0 aliphatic carbocycles. The molecule has 0 bridgehead atoms. The van der Waals surface area contributed by atoms with Gasteiger partial charge in [0.25, 0.3) is 0 Å². The Bertz CT molecular complexity index is 1220. The number of ether oxygens (including phenoxy) is 2. The van der Waals surface area contributed by atoms with Crippen molar-refractivity contribution in [1.29, 1.82) is 0 Å². The molecule has 4 N–H and O–H groups in total. The summed E-state index contributed by atoms with van der Waals surface area (Å²) in [5.41, 5.74) is 2.41. The van der Waals surface area contributed by atoms with Crippen molar-refractivity contribution in [1.82, 2.24) is 20.3 Å². The molecular formula is C24H27N5O5S. The number of carbonyl (C=O) groups excluding carboxylic acids is 1. The van der Waals surface area contributed by atoms with Crippen LogP contribution < -0.4 is 15.4 Å². The van der Waals surface area contributed by atoms with Crippen LogP contribution in [0.1, 0.15) is 30.2 Å². The predicted molar refractivity (Wildman–Crippen MR) is 130 cm³/mol. The van der Waals surface area contributed by atoms with Gasteiger partial charge in [-0.1, -0.05) is 0 Å². The zero-order chi connectivity index (χ0) is 24.4. The van der Waals surface area contributed by atoms with Crippen molar-refractivity contribution in [2.24, 2.45) is 0 Å². The number of thioether (sulfide) groups is 1. The largest absolute Gasteiger partial charge is 0.481 e. The van der Waals surface area contributed by atoms with Crippen LogP contribution in [0.2, 0.25) is 0 Å². The Hall–Kier alpha value is -2.83. The maximum Gasteiger partial charge on any atom is 0.235 e. The van der Waals surface area contributed by atoms with Gasteiger partial charge in [-0.15, -0.1) is 11.8 Å².